The minimum Gasteiger partial charge on any atom is -0.489 e. The van der Waals surface area contributed by atoms with Crippen molar-refractivity contribution in [1.82, 2.24) is 9.88 Å². The molecule has 3 rings (SSSR count). The number of aromatic nitrogens is 1. The average Bonchev–Trinajstić information content (AvgIpc) is 2.96. The summed E-state index contributed by atoms with van der Waals surface area (Å²) in [6.45, 7) is 0.530. The quantitative estimate of drug-likeness (QED) is 0.799. The number of ether oxygens (including phenoxy) is 1. The van der Waals surface area contributed by atoms with E-state index in [1.165, 1.54) is 0 Å². The van der Waals surface area contributed by atoms with Gasteiger partial charge in [0.05, 0.1) is 5.52 Å². The van der Waals surface area contributed by atoms with Gasteiger partial charge in [0, 0.05) is 18.6 Å². The molecule has 0 aliphatic carbocycles. The minimum absolute atomic E-state index is 0.150. The molecule has 0 radical (unpaired) electrons. The largest absolute Gasteiger partial charge is 0.489 e. The maximum absolute atomic E-state index is 11.7. The van der Waals surface area contributed by atoms with E-state index in [2.05, 4.69) is 5.32 Å². The van der Waals surface area contributed by atoms with Gasteiger partial charge >= 0.3 is 6.03 Å². The highest BCUT2D eigenvalue weighted by molar-refractivity contribution is 5.92. The summed E-state index contributed by atoms with van der Waals surface area (Å²) in [7, 11) is 1.62. The van der Waals surface area contributed by atoms with Crippen LogP contribution < -0.4 is 10.1 Å². The maximum atomic E-state index is 11.7. The zero-order valence-corrected chi connectivity index (χ0v) is 11.7. The first-order valence-corrected chi connectivity index (χ1v) is 6.78. The van der Waals surface area contributed by atoms with E-state index in [1.807, 2.05) is 54.6 Å². The number of hydrogen-bond donors (Lipinski definition) is 1. The van der Waals surface area contributed by atoms with Crippen molar-refractivity contribution in [3.8, 4) is 5.75 Å². The highest BCUT2D eigenvalue weighted by atomic mass is 16.5. The van der Waals surface area contributed by atoms with Crippen LogP contribution in [0.2, 0.25) is 0 Å². The van der Waals surface area contributed by atoms with Crippen molar-refractivity contribution in [1.29, 1.82) is 0 Å². The Bertz CT molecular complexity index is 763. The number of nitrogens with zero attached hydrogens (tertiary/aromatic N) is 1. The van der Waals surface area contributed by atoms with Crippen LogP contribution >= 0.6 is 0 Å². The van der Waals surface area contributed by atoms with Crippen molar-refractivity contribution in [3.05, 3.63) is 66.4 Å². The first-order valence-electron chi connectivity index (χ1n) is 6.78. The Morgan fingerprint density at radius 1 is 1.14 bits per heavy atom. The molecule has 21 heavy (non-hydrogen) atoms. The minimum atomic E-state index is -0.150. The van der Waals surface area contributed by atoms with Crippen molar-refractivity contribution in [2.45, 2.75) is 6.61 Å². The van der Waals surface area contributed by atoms with Gasteiger partial charge in [0.1, 0.15) is 12.4 Å². The predicted octanol–water partition coefficient (Wildman–Crippen LogP) is 3.41. The Labute approximate surface area is 123 Å². The number of fused-ring (bicyclic) bond motifs is 1. The molecule has 106 valence electrons. The Balaban J connectivity index is 1.80. The van der Waals surface area contributed by atoms with Crippen LogP contribution in [0.1, 0.15) is 5.56 Å². The van der Waals surface area contributed by atoms with E-state index in [1.54, 1.807) is 17.8 Å². The van der Waals surface area contributed by atoms with E-state index < -0.39 is 0 Å². The molecular formula is C17H16N2O2. The number of nitrogens with one attached hydrogen (secondary N) is 1. The lowest BCUT2D eigenvalue weighted by Gasteiger charge is -2.07. The van der Waals surface area contributed by atoms with Crippen molar-refractivity contribution in [3.63, 3.8) is 0 Å². The average molecular weight is 280 g/mol. The molecule has 0 bridgehead atoms. The van der Waals surface area contributed by atoms with E-state index in [0.717, 1.165) is 22.2 Å². The standard InChI is InChI=1S/C17H16N2O2/c1-18-17(20)19-10-9-14-11-15(7-8-16(14)19)21-12-13-5-3-2-4-6-13/h2-11H,12H2,1H3,(H,18,20). The molecule has 0 aliphatic heterocycles. The summed E-state index contributed by atoms with van der Waals surface area (Å²) < 4.78 is 7.37. The molecule has 0 spiro atoms. The molecule has 1 amide bonds. The van der Waals surface area contributed by atoms with E-state index in [-0.39, 0.29) is 6.03 Å². The second-order valence-corrected chi connectivity index (χ2v) is 4.74. The van der Waals surface area contributed by atoms with Gasteiger partial charge in [0.25, 0.3) is 0 Å². The van der Waals surface area contributed by atoms with Crippen LogP contribution in [-0.2, 0) is 6.61 Å². The molecule has 0 aliphatic rings. The SMILES string of the molecule is CNC(=O)n1ccc2cc(OCc3ccccc3)ccc21. The lowest BCUT2D eigenvalue weighted by atomic mass is 10.2. The second kappa shape index (κ2) is 5.71. The molecule has 0 atom stereocenters. The Morgan fingerprint density at radius 2 is 1.95 bits per heavy atom. The summed E-state index contributed by atoms with van der Waals surface area (Å²) in [5, 5.41) is 3.59. The number of carbonyl (C=O) groups excluding carboxylic acids is 1. The van der Waals surface area contributed by atoms with Gasteiger partial charge in [0.15, 0.2) is 0 Å². The number of rotatable bonds is 3. The van der Waals surface area contributed by atoms with Gasteiger partial charge in [-0.05, 0) is 29.8 Å². The maximum Gasteiger partial charge on any atom is 0.325 e. The zero-order valence-electron chi connectivity index (χ0n) is 11.7. The normalized spacial score (nSPS) is 10.5. The van der Waals surface area contributed by atoms with Crippen LogP contribution in [-0.4, -0.2) is 17.6 Å². The van der Waals surface area contributed by atoms with E-state index in [0.29, 0.717) is 6.61 Å². The third-order valence-electron chi connectivity index (χ3n) is 3.34. The van der Waals surface area contributed by atoms with Crippen LogP contribution in [0.25, 0.3) is 10.9 Å². The number of amides is 1. The molecule has 0 saturated heterocycles. The first-order chi connectivity index (χ1) is 10.3. The summed E-state index contributed by atoms with van der Waals surface area (Å²) in [5.74, 6) is 0.793. The topological polar surface area (TPSA) is 43.3 Å². The number of carbonyl (C=O) groups is 1. The Kier molecular flexibility index (Phi) is 3.60. The van der Waals surface area contributed by atoms with Crippen molar-refractivity contribution in [2.24, 2.45) is 0 Å². The van der Waals surface area contributed by atoms with Gasteiger partial charge in [-0.2, -0.15) is 0 Å². The van der Waals surface area contributed by atoms with Gasteiger partial charge in [0.2, 0.25) is 0 Å². The van der Waals surface area contributed by atoms with Crippen molar-refractivity contribution < 1.29 is 9.53 Å². The highest BCUT2D eigenvalue weighted by Gasteiger charge is 2.07. The summed E-state index contributed by atoms with van der Waals surface area (Å²) in [4.78, 5) is 11.7. The summed E-state index contributed by atoms with van der Waals surface area (Å²) in [6, 6.07) is 17.5. The molecule has 1 aromatic heterocycles. The fourth-order valence-electron chi connectivity index (χ4n) is 2.25. The third kappa shape index (κ3) is 2.74. The Morgan fingerprint density at radius 3 is 2.71 bits per heavy atom. The summed E-state index contributed by atoms with van der Waals surface area (Å²) in [5.41, 5.74) is 1.99. The lowest BCUT2D eigenvalue weighted by molar-refractivity contribution is 0.245. The Hall–Kier alpha value is -2.75. The molecule has 0 saturated carbocycles. The van der Waals surface area contributed by atoms with E-state index in [4.69, 9.17) is 4.74 Å². The van der Waals surface area contributed by atoms with Gasteiger partial charge in [-0.25, -0.2) is 4.79 Å². The molecule has 1 N–H and O–H groups in total. The van der Waals surface area contributed by atoms with E-state index >= 15 is 0 Å². The van der Waals surface area contributed by atoms with E-state index in [9.17, 15) is 4.79 Å². The number of hydrogen-bond acceptors (Lipinski definition) is 2. The van der Waals surface area contributed by atoms with Crippen LogP contribution in [0.4, 0.5) is 4.79 Å². The monoisotopic (exact) mass is 280 g/mol. The molecule has 0 fully saturated rings. The molecule has 1 heterocycles. The highest BCUT2D eigenvalue weighted by Crippen LogP contribution is 2.22. The van der Waals surface area contributed by atoms with Crippen LogP contribution in [0, 0.1) is 0 Å². The van der Waals surface area contributed by atoms with Crippen molar-refractivity contribution in [2.75, 3.05) is 7.05 Å². The third-order valence-corrected chi connectivity index (χ3v) is 3.34. The molecule has 2 aromatic carbocycles. The fourth-order valence-corrected chi connectivity index (χ4v) is 2.25. The van der Waals surface area contributed by atoms with Crippen LogP contribution in [0.3, 0.4) is 0 Å². The first kappa shape index (κ1) is 13.2. The van der Waals surface area contributed by atoms with Gasteiger partial charge < -0.3 is 10.1 Å². The molecule has 4 nitrogen and oxygen atoms in total. The molecule has 0 unspecified atom stereocenters. The van der Waals surface area contributed by atoms with Gasteiger partial charge in [-0.3, -0.25) is 4.57 Å². The molecule has 4 heteroatoms. The predicted molar refractivity (Wildman–Crippen MR) is 82.6 cm³/mol. The van der Waals surface area contributed by atoms with Crippen LogP contribution in [0.5, 0.6) is 5.75 Å². The summed E-state index contributed by atoms with van der Waals surface area (Å²) in [6.07, 6.45) is 1.75. The van der Waals surface area contributed by atoms with Crippen LogP contribution in [0.15, 0.2) is 60.8 Å². The van der Waals surface area contributed by atoms with Gasteiger partial charge in [-0.15, -0.1) is 0 Å². The summed E-state index contributed by atoms with van der Waals surface area (Å²) >= 11 is 0. The second-order valence-electron chi connectivity index (χ2n) is 4.74. The fraction of sp³-hybridized carbons (Fsp3) is 0.118. The molecule has 3 aromatic rings. The lowest BCUT2D eigenvalue weighted by Crippen LogP contribution is -2.23. The number of benzene rings is 2. The smallest absolute Gasteiger partial charge is 0.325 e. The zero-order chi connectivity index (χ0) is 14.7. The van der Waals surface area contributed by atoms with Crippen molar-refractivity contribution >= 4 is 16.9 Å². The van der Waals surface area contributed by atoms with Gasteiger partial charge in [-0.1, -0.05) is 30.3 Å². The molecular weight excluding hydrogens is 264 g/mol.